The van der Waals surface area contributed by atoms with E-state index in [-0.39, 0.29) is 18.9 Å². The molecule has 5 nitrogen and oxygen atoms in total. The van der Waals surface area contributed by atoms with Crippen molar-refractivity contribution in [3.8, 4) is 5.75 Å². The summed E-state index contributed by atoms with van der Waals surface area (Å²) in [7, 11) is 0. The summed E-state index contributed by atoms with van der Waals surface area (Å²) in [4.78, 5) is 22.8. The highest BCUT2D eigenvalue weighted by Crippen LogP contribution is 2.24. The minimum absolute atomic E-state index is 0.0834. The molecule has 0 saturated heterocycles. The van der Waals surface area contributed by atoms with E-state index in [2.05, 4.69) is 5.32 Å². The number of hydrogen-bond donors (Lipinski definition) is 2. The molecule has 1 aromatic carbocycles. The third-order valence-electron chi connectivity index (χ3n) is 2.99. The summed E-state index contributed by atoms with van der Waals surface area (Å²) in [5.74, 6) is -0.707. The van der Waals surface area contributed by atoms with Crippen molar-refractivity contribution in [2.75, 3.05) is 6.61 Å². The van der Waals surface area contributed by atoms with Crippen LogP contribution in [0.2, 0.25) is 5.02 Å². The first-order valence-electron chi connectivity index (χ1n) is 6.67. The summed E-state index contributed by atoms with van der Waals surface area (Å²) in [5.41, 5.74) is -0.296. The fourth-order valence-electron chi connectivity index (χ4n) is 1.70. The van der Waals surface area contributed by atoms with Crippen molar-refractivity contribution >= 4 is 23.5 Å². The molecule has 116 valence electrons. The lowest BCUT2D eigenvalue weighted by Gasteiger charge is -2.18. The average Bonchev–Trinajstić information content (AvgIpc) is 2.37. The second-order valence-electron chi connectivity index (χ2n) is 5.33. The molecule has 1 amide bonds. The van der Waals surface area contributed by atoms with Crippen molar-refractivity contribution in [3.05, 3.63) is 28.8 Å². The zero-order chi connectivity index (χ0) is 16.0. The van der Waals surface area contributed by atoms with Gasteiger partial charge < -0.3 is 15.2 Å². The molecule has 0 spiro atoms. The molecule has 0 fully saturated rings. The van der Waals surface area contributed by atoms with Crippen molar-refractivity contribution in [2.24, 2.45) is 5.41 Å². The Kier molecular flexibility index (Phi) is 6.03. The molecule has 6 heteroatoms. The fraction of sp³-hybridized carbons (Fsp3) is 0.467. The molecule has 0 saturated carbocycles. The largest absolute Gasteiger partial charge is 0.493 e. The van der Waals surface area contributed by atoms with Crippen LogP contribution in [0.5, 0.6) is 5.75 Å². The maximum absolute atomic E-state index is 11.8. The van der Waals surface area contributed by atoms with Crippen LogP contribution in [0.25, 0.3) is 0 Å². The Balaban J connectivity index is 2.67. The van der Waals surface area contributed by atoms with E-state index in [1.165, 1.54) is 13.8 Å². The first kappa shape index (κ1) is 17.3. The summed E-state index contributed by atoms with van der Waals surface area (Å²) in [5, 5.41) is 12.3. The van der Waals surface area contributed by atoms with E-state index in [1.54, 1.807) is 18.2 Å². The van der Waals surface area contributed by atoms with Crippen molar-refractivity contribution in [3.63, 3.8) is 0 Å². The van der Waals surface area contributed by atoms with Gasteiger partial charge in [-0.1, -0.05) is 17.7 Å². The molecule has 1 rings (SSSR count). The van der Waals surface area contributed by atoms with Gasteiger partial charge in [0.05, 0.1) is 12.0 Å². The van der Waals surface area contributed by atoms with Gasteiger partial charge in [-0.25, -0.2) is 0 Å². The normalized spacial score (nSPS) is 11.0. The summed E-state index contributed by atoms with van der Waals surface area (Å²) < 4.78 is 5.46. The van der Waals surface area contributed by atoms with E-state index in [0.29, 0.717) is 17.4 Å². The molecule has 0 aliphatic heterocycles. The lowest BCUT2D eigenvalue weighted by atomic mass is 9.89. The Labute approximate surface area is 129 Å². The Morgan fingerprint density at radius 3 is 2.62 bits per heavy atom. The quantitative estimate of drug-likeness (QED) is 0.811. The number of benzene rings is 1. The van der Waals surface area contributed by atoms with Crippen LogP contribution in [0.3, 0.4) is 0 Å². The third kappa shape index (κ3) is 5.27. The standard InChI is InChI=1S/C15H20ClNO4/c1-4-21-12-7-11(16)6-5-10(12)9-17-13(18)8-15(2,3)14(19)20/h5-7H,4,8-9H2,1-3H3,(H,17,18)(H,19,20). The topological polar surface area (TPSA) is 75.6 Å². The maximum atomic E-state index is 11.8. The predicted molar refractivity (Wildman–Crippen MR) is 80.5 cm³/mol. The van der Waals surface area contributed by atoms with Gasteiger partial charge in [0.1, 0.15) is 5.75 Å². The number of rotatable bonds is 7. The van der Waals surface area contributed by atoms with Crippen LogP contribution in [0, 0.1) is 5.41 Å². The zero-order valence-corrected chi connectivity index (χ0v) is 13.2. The first-order chi connectivity index (χ1) is 9.76. The van der Waals surface area contributed by atoms with Crippen molar-refractivity contribution < 1.29 is 19.4 Å². The van der Waals surface area contributed by atoms with Crippen LogP contribution in [-0.4, -0.2) is 23.6 Å². The summed E-state index contributed by atoms with van der Waals surface area (Å²) >= 11 is 5.90. The van der Waals surface area contributed by atoms with Gasteiger partial charge in [0.2, 0.25) is 5.91 Å². The fourth-order valence-corrected chi connectivity index (χ4v) is 1.86. The van der Waals surface area contributed by atoms with Crippen molar-refractivity contribution in [1.29, 1.82) is 0 Å². The van der Waals surface area contributed by atoms with E-state index in [0.717, 1.165) is 5.56 Å². The lowest BCUT2D eigenvalue weighted by Crippen LogP contribution is -2.33. The highest BCUT2D eigenvalue weighted by Gasteiger charge is 2.30. The smallest absolute Gasteiger partial charge is 0.309 e. The number of amides is 1. The number of halogens is 1. The number of carbonyl (C=O) groups is 2. The van der Waals surface area contributed by atoms with Crippen LogP contribution >= 0.6 is 11.6 Å². The number of nitrogens with one attached hydrogen (secondary N) is 1. The molecule has 0 heterocycles. The molecule has 2 N–H and O–H groups in total. The highest BCUT2D eigenvalue weighted by atomic mass is 35.5. The molecular formula is C15H20ClNO4. The molecule has 21 heavy (non-hydrogen) atoms. The number of carboxylic acids is 1. The van der Waals surface area contributed by atoms with E-state index < -0.39 is 11.4 Å². The minimum atomic E-state index is -1.09. The van der Waals surface area contributed by atoms with Gasteiger partial charge in [0, 0.05) is 23.6 Å². The van der Waals surface area contributed by atoms with Gasteiger partial charge in [-0.3, -0.25) is 9.59 Å². The van der Waals surface area contributed by atoms with Gasteiger partial charge in [-0.2, -0.15) is 0 Å². The number of aliphatic carboxylic acids is 1. The third-order valence-corrected chi connectivity index (χ3v) is 3.22. The molecule has 0 radical (unpaired) electrons. The van der Waals surface area contributed by atoms with E-state index in [4.69, 9.17) is 21.4 Å². The SMILES string of the molecule is CCOc1cc(Cl)ccc1CNC(=O)CC(C)(C)C(=O)O. The Hall–Kier alpha value is -1.75. The number of hydrogen-bond acceptors (Lipinski definition) is 3. The minimum Gasteiger partial charge on any atom is -0.493 e. The van der Waals surface area contributed by atoms with Gasteiger partial charge in [0.15, 0.2) is 0 Å². The number of carboxylic acid groups (broad SMARTS) is 1. The van der Waals surface area contributed by atoms with Crippen molar-refractivity contribution in [2.45, 2.75) is 33.7 Å². The molecule has 0 aromatic heterocycles. The monoisotopic (exact) mass is 313 g/mol. The summed E-state index contributed by atoms with van der Waals surface area (Å²) in [6.45, 7) is 5.65. The van der Waals surface area contributed by atoms with E-state index in [1.807, 2.05) is 6.92 Å². The van der Waals surface area contributed by atoms with Gasteiger partial charge in [0.25, 0.3) is 0 Å². The van der Waals surface area contributed by atoms with Crippen LogP contribution in [-0.2, 0) is 16.1 Å². The maximum Gasteiger partial charge on any atom is 0.309 e. The number of ether oxygens (including phenoxy) is 1. The van der Waals surface area contributed by atoms with Crippen LogP contribution in [0.4, 0.5) is 0 Å². The Morgan fingerprint density at radius 1 is 1.38 bits per heavy atom. The molecule has 0 atom stereocenters. The molecular weight excluding hydrogens is 294 g/mol. The van der Waals surface area contributed by atoms with Crippen molar-refractivity contribution in [1.82, 2.24) is 5.32 Å². The van der Waals surface area contributed by atoms with E-state index in [9.17, 15) is 9.59 Å². The predicted octanol–water partition coefficient (Wildman–Crippen LogP) is 2.86. The zero-order valence-electron chi connectivity index (χ0n) is 12.4. The molecule has 0 unspecified atom stereocenters. The molecule has 0 aliphatic carbocycles. The van der Waals surface area contributed by atoms with Gasteiger partial charge in [-0.05, 0) is 32.9 Å². The summed E-state index contributed by atoms with van der Waals surface area (Å²) in [6.07, 6.45) is -0.0834. The first-order valence-corrected chi connectivity index (χ1v) is 7.05. The van der Waals surface area contributed by atoms with Crippen LogP contribution in [0.1, 0.15) is 32.8 Å². The lowest BCUT2D eigenvalue weighted by molar-refractivity contribution is -0.149. The summed E-state index contributed by atoms with van der Waals surface area (Å²) in [6, 6.07) is 5.18. The van der Waals surface area contributed by atoms with Gasteiger partial charge >= 0.3 is 5.97 Å². The van der Waals surface area contributed by atoms with Crippen LogP contribution < -0.4 is 10.1 Å². The second-order valence-corrected chi connectivity index (χ2v) is 5.76. The van der Waals surface area contributed by atoms with E-state index >= 15 is 0 Å². The van der Waals surface area contributed by atoms with Crippen LogP contribution in [0.15, 0.2) is 18.2 Å². The average molecular weight is 314 g/mol. The molecule has 0 aliphatic rings. The second kappa shape index (κ2) is 7.31. The van der Waals surface area contributed by atoms with Gasteiger partial charge in [-0.15, -0.1) is 0 Å². The highest BCUT2D eigenvalue weighted by molar-refractivity contribution is 6.30. The molecule has 0 bridgehead atoms. The number of carbonyl (C=O) groups excluding carboxylic acids is 1. The molecule has 1 aromatic rings. The Bertz CT molecular complexity index is 528. The Morgan fingerprint density at radius 2 is 2.05 bits per heavy atom.